The molecule has 2 nitrogen and oxygen atoms in total. The molecule has 2 heteroatoms. The van der Waals surface area contributed by atoms with E-state index in [1.807, 2.05) is 40.7 Å². The van der Waals surface area contributed by atoms with Crippen molar-refractivity contribution in [2.45, 2.75) is 41.0 Å². The maximum atomic E-state index is 11.7. The first-order chi connectivity index (χ1) is 6.29. The summed E-state index contributed by atoms with van der Waals surface area (Å²) in [7, 11) is 0. The van der Waals surface area contributed by atoms with E-state index in [1.165, 1.54) is 0 Å². The van der Waals surface area contributed by atoms with Gasteiger partial charge in [0.15, 0.2) is 11.5 Å². The molecule has 0 aliphatic carbocycles. The average molecular weight is 194 g/mol. The van der Waals surface area contributed by atoms with Crippen molar-refractivity contribution in [1.82, 2.24) is 0 Å². The number of ketones is 1. The van der Waals surface area contributed by atoms with E-state index in [-0.39, 0.29) is 11.2 Å². The highest BCUT2D eigenvalue weighted by atomic mass is 16.3. The van der Waals surface area contributed by atoms with Crippen molar-refractivity contribution >= 4 is 5.78 Å². The lowest BCUT2D eigenvalue weighted by atomic mass is 9.89. The van der Waals surface area contributed by atoms with Gasteiger partial charge in [0.1, 0.15) is 5.76 Å². The van der Waals surface area contributed by atoms with E-state index in [0.29, 0.717) is 12.2 Å². The smallest absolute Gasteiger partial charge is 0.198 e. The largest absolute Gasteiger partial charge is 0.458 e. The third-order valence-electron chi connectivity index (χ3n) is 2.13. The van der Waals surface area contributed by atoms with Crippen LogP contribution in [0.4, 0.5) is 0 Å². The minimum absolute atomic E-state index is 0.0195. The Kier molecular flexibility index (Phi) is 2.84. The first-order valence-electron chi connectivity index (χ1n) is 4.90. The predicted molar refractivity (Wildman–Crippen MR) is 56.6 cm³/mol. The zero-order valence-electron chi connectivity index (χ0n) is 9.60. The van der Waals surface area contributed by atoms with E-state index in [2.05, 4.69) is 0 Å². The van der Waals surface area contributed by atoms with E-state index >= 15 is 0 Å². The number of furan rings is 1. The number of carbonyl (C=O) groups is 1. The molecule has 1 aromatic rings. The first-order valence-corrected chi connectivity index (χ1v) is 4.90. The number of rotatable bonds is 2. The molecule has 0 radical (unpaired) electrons. The Hall–Kier alpha value is -1.05. The lowest BCUT2D eigenvalue weighted by molar-refractivity contribution is 0.0911. The molecule has 0 saturated heterocycles. The molecular formula is C12H18O2. The van der Waals surface area contributed by atoms with Crippen molar-refractivity contribution in [3.8, 4) is 0 Å². The fourth-order valence-electron chi connectivity index (χ4n) is 1.28. The number of carbonyl (C=O) groups excluding carboxylic acids is 1. The standard InChI is InChI=1S/C12H18O2/c1-8-6-11(14-9(8)2)10(13)7-12(3,4)5/h6H,7H2,1-5H3. The monoisotopic (exact) mass is 194 g/mol. The zero-order chi connectivity index (χ0) is 10.9. The lowest BCUT2D eigenvalue weighted by Crippen LogP contribution is -2.12. The Morgan fingerprint density at radius 2 is 1.93 bits per heavy atom. The van der Waals surface area contributed by atoms with Gasteiger partial charge in [-0.2, -0.15) is 0 Å². The van der Waals surface area contributed by atoms with Crippen LogP contribution in [0.25, 0.3) is 0 Å². The van der Waals surface area contributed by atoms with Crippen LogP contribution in [0.3, 0.4) is 0 Å². The van der Waals surface area contributed by atoms with Gasteiger partial charge < -0.3 is 4.42 Å². The summed E-state index contributed by atoms with van der Waals surface area (Å²) in [5, 5.41) is 0. The number of aryl methyl sites for hydroxylation is 2. The molecule has 78 valence electrons. The van der Waals surface area contributed by atoms with Crippen LogP contribution >= 0.6 is 0 Å². The summed E-state index contributed by atoms with van der Waals surface area (Å²) in [6.07, 6.45) is 0.527. The SMILES string of the molecule is Cc1cc(C(=O)CC(C)(C)C)oc1C. The topological polar surface area (TPSA) is 30.2 Å². The van der Waals surface area contributed by atoms with Crippen LogP contribution in [0.15, 0.2) is 10.5 Å². The van der Waals surface area contributed by atoms with Crippen LogP contribution in [-0.4, -0.2) is 5.78 Å². The maximum Gasteiger partial charge on any atom is 0.198 e. The van der Waals surface area contributed by atoms with Crippen molar-refractivity contribution < 1.29 is 9.21 Å². The third-order valence-corrected chi connectivity index (χ3v) is 2.13. The molecule has 0 fully saturated rings. The fraction of sp³-hybridized carbons (Fsp3) is 0.583. The number of hydrogen-bond acceptors (Lipinski definition) is 2. The molecule has 1 aromatic heterocycles. The second-order valence-electron chi connectivity index (χ2n) is 5.01. The number of Topliss-reactive ketones (excluding diaryl/α,β-unsaturated/α-hetero) is 1. The molecule has 1 rings (SSSR count). The molecule has 0 amide bonds. The van der Waals surface area contributed by atoms with Gasteiger partial charge in [-0.3, -0.25) is 4.79 Å². The quantitative estimate of drug-likeness (QED) is 0.674. The first kappa shape index (κ1) is 11.0. The van der Waals surface area contributed by atoms with E-state index in [1.54, 1.807) is 0 Å². The summed E-state index contributed by atoms with van der Waals surface area (Å²) in [5.41, 5.74) is 1.06. The van der Waals surface area contributed by atoms with Crippen molar-refractivity contribution in [1.29, 1.82) is 0 Å². The highest BCUT2D eigenvalue weighted by Crippen LogP contribution is 2.23. The lowest BCUT2D eigenvalue weighted by Gasteiger charge is -2.15. The van der Waals surface area contributed by atoms with Gasteiger partial charge in [-0.15, -0.1) is 0 Å². The van der Waals surface area contributed by atoms with Crippen molar-refractivity contribution in [3.63, 3.8) is 0 Å². The fourth-order valence-corrected chi connectivity index (χ4v) is 1.28. The van der Waals surface area contributed by atoms with E-state index < -0.39 is 0 Å². The van der Waals surface area contributed by atoms with Gasteiger partial charge in [0.05, 0.1) is 0 Å². The normalized spacial score (nSPS) is 11.8. The minimum Gasteiger partial charge on any atom is -0.458 e. The summed E-state index contributed by atoms with van der Waals surface area (Å²) in [5.74, 6) is 1.42. The Balaban J connectivity index is 2.80. The van der Waals surface area contributed by atoms with Crippen LogP contribution in [0.5, 0.6) is 0 Å². The van der Waals surface area contributed by atoms with Crippen LogP contribution in [0, 0.1) is 19.3 Å². The maximum absolute atomic E-state index is 11.7. The Labute approximate surface area is 85.3 Å². The minimum atomic E-state index is 0.0195. The molecule has 0 spiro atoms. The summed E-state index contributed by atoms with van der Waals surface area (Å²) in [4.78, 5) is 11.7. The van der Waals surface area contributed by atoms with Crippen LogP contribution < -0.4 is 0 Å². The highest BCUT2D eigenvalue weighted by Gasteiger charge is 2.20. The van der Waals surface area contributed by atoms with Gasteiger partial charge in [-0.25, -0.2) is 0 Å². The van der Waals surface area contributed by atoms with Gasteiger partial charge in [0, 0.05) is 6.42 Å². The molecule has 0 aromatic carbocycles. The van der Waals surface area contributed by atoms with Crippen molar-refractivity contribution in [3.05, 3.63) is 23.2 Å². The molecular weight excluding hydrogens is 176 g/mol. The van der Waals surface area contributed by atoms with Crippen molar-refractivity contribution in [2.75, 3.05) is 0 Å². The molecule has 0 atom stereocenters. The third kappa shape index (κ3) is 2.72. The predicted octanol–water partition coefficient (Wildman–Crippen LogP) is 3.52. The van der Waals surface area contributed by atoms with E-state index in [4.69, 9.17) is 4.42 Å². The zero-order valence-corrected chi connectivity index (χ0v) is 9.60. The van der Waals surface area contributed by atoms with E-state index in [0.717, 1.165) is 11.3 Å². The molecule has 14 heavy (non-hydrogen) atoms. The molecule has 0 aliphatic rings. The van der Waals surface area contributed by atoms with E-state index in [9.17, 15) is 4.79 Å². The summed E-state index contributed by atoms with van der Waals surface area (Å²) in [6, 6.07) is 1.82. The Bertz CT molecular complexity index is 320. The van der Waals surface area contributed by atoms with Crippen LogP contribution in [0.1, 0.15) is 49.1 Å². The average Bonchev–Trinajstić information content (AvgIpc) is 2.28. The molecule has 0 bridgehead atoms. The van der Waals surface area contributed by atoms with Crippen molar-refractivity contribution in [2.24, 2.45) is 5.41 Å². The Morgan fingerprint density at radius 1 is 1.36 bits per heavy atom. The van der Waals surface area contributed by atoms with Gasteiger partial charge in [-0.1, -0.05) is 20.8 Å². The molecule has 0 aliphatic heterocycles. The summed E-state index contributed by atoms with van der Waals surface area (Å²) < 4.78 is 5.37. The van der Waals surface area contributed by atoms with Crippen LogP contribution in [-0.2, 0) is 0 Å². The summed E-state index contributed by atoms with van der Waals surface area (Å²) >= 11 is 0. The van der Waals surface area contributed by atoms with Crippen LogP contribution in [0.2, 0.25) is 0 Å². The molecule has 0 saturated carbocycles. The Morgan fingerprint density at radius 3 is 2.29 bits per heavy atom. The molecule has 0 unspecified atom stereocenters. The van der Waals surface area contributed by atoms with Gasteiger partial charge in [0.25, 0.3) is 0 Å². The second kappa shape index (κ2) is 3.60. The van der Waals surface area contributed by atoms with Gasteiger partial charge >= 0.3 is 0 Å². The molecule has 1 heterocycles. The number of hydrogen-bond donors (Lipinski definition) is 0. The van der Waals surface area contributed by atoms with Gasteiger partial charge in [0.2, 0.25) is 0 Å². The molecule has 0 N–H and O–H groups in total. The second-order valence-corrected chi connectivity index (χ2v) is 5.01. The summed E-state index contributed by atoms with van der Waals surface area (Å²) in [6.45, 7) is 9.98. The van der Waals surface area contributed by atoms with Gasteiger partial charge in [-0.05, 0) is 30.9 Å². The highest BCUT2D eigenvalue weighted by molar-refractivity contribution is 5.94.